The summed E-state index contributed by atoms with van der Waals surface area (Å²) in [6.45, 7) is 5.33. The Morgan fingerprint density at radius 1 is 0.929 bits per heavy atom. The van der Waals surface area contributed by atoms with Crippen LogP contribution in [0.15, 0.2) is 60.0 Å². The van der Waals surface area contributed by atoms with Gasteiger partial charge in [0.1, 0.15) is 11.3 Å². The molecule has 1 aliphatic heterocycles. The second kappa shape index (κ2) is 8.56. The molecule has 0 aromatic heterocycles. The van der Waals surface area contributed by atoms with Crippen molar-refractivity contribution in [2.75, 3.05) is 19.1 Å². The van der Waals surface area contributed by atoms with E-state index in [0.717, 1.165) is 0 Å². The van der Waals surface area contributed by atoms with Crippen molar-refractivity contribution in [3.8, 4) is 0 Å². The number of hydrogen-bond donors (Lipinski definition) is 0. The summed E-state index contributed by atoms with van der Waals surface area (Å²) in [6.07, 6.45) is 6.31. The lowest BCUT2D eigenvalue weighted by molar-refractivity contribution is -0.139. The molecule has 0 radical (unpaired) electrons. The molecule has 0 saturated carbocycles. The first kappa shape index (κ1) is 21.0. The van der Waals surface area contributed by atoms with Gasteiger partial charge in [0.25, 0.3) is 0 Å². The smallest absolute Gasteiger partial charge is 0.355 e. The molecule has 0 bridgehead atoms. The van der Waals surface area contributed by atoms with E-state index in [1.165, 1.54) is 25.2 Å². The second-order valence-electron chi connectivity index (χ2n) is 6.87. The Labute approximate surface area is 163 Å². The molecule has 0 amide bonds. The third-order valence-electron chi connectivity index (χ3n) is 3.65. The van der Waals surface area contributed by atoms with Crippen LogP contribution >= 0.6 is 0 Å². The molecule has 0 aliphatic carbocycles. The summed E-state index contributed by atoms with van der Waals surface area (Å²) in [6, 6.07) is 6.54. The fourth-order valence-electron chi connectivity index (χ4n) is 2.49. The van der Waals surface area contributed by atoms with Gasteiger partial charge in [-0.15, -0.1) is 0 Å². The minimum absolute atomic E-state index is 0.0271. The average molecular weight is 385 g/mol. The van der Waals surface area contributed by atoms with Gasteiger partial charge in [-0.2, -0.15) is 0 Å². The average Bonchev–Trinajstić information content (AvgIpc) is 2.88. The number of esters is 3. The van der Waals surface area contributed by atoms with E-state index in [1.54, 1.807) is 63.4 Å². The molecule has 0 atom stereocenters. The Morgan fingerprint density at radius 2 is 1.61 bits per heavy atom. The van der Waals surface area contributed by atoms with Crippen molar-refractivity contribution in [2.45, 2.75) is 26.4 Å². The van der Waals surface area contributed by atoms with Crippen LogP contribution in [0.2, 0.25) is 0 Å². The number of nitrogens with zero attached hydrogens (tertiary/aromatic N) is 1. The molecule has 1 aromatic carbocycles. The van der Waals surface area contributed by atoms with Gasteiger partial charge >= 0.3 is 17.9 Å². The Balaban J connectivity index is 2.55. The van der Waals surface area contributed by atoms with E-state index in [-0.39, 0.29) is 11.3 Å². The second-order valence-corrected chi connectivity index (χ2v) is 6.87. The van der Waals surface area contributed by atoms with Crippen molar-refractivity contribution in [2.24, 2.45) is 0 Å². The van der Waals surface area contributed by atoms with E-state index >= 15 is 0 Å². The zero-order valence-corrected chi connectivity index (χ0v) is 16.5. The standard InChI is InChI=1S/C21H23NO6/c1-21(2,3)28-18(23)14-9-8-10-15(13-14)22-12-7-6-11-16(19(24)26-4)17(22)20(25)27-5/h6-13H,1-5H3. The van der Waals surface area contributed by atoms with E-state index in [9.17, 15) is 14.4 Å². The zero-order chi connectivity index (χ0) is 20.9. The highest BCUT2D eigenvalue weighted by Crippen LogP contribution is 2.27. The number of carbonyl (C=O) groups is 3. The number of benzene rings is 1. The lowest BCUT2D eigenvalue weighted by atomic mass is 10.1. The van der Waals surface area contributed by atoms with Gasteiger partial charge in [-0.25, -0.2) is 14.4 Å². The first-order chi connectivity index (χ1) is 13.2. The minimum atomic E-state index is -0.723. The van der Waals surface area contributed by atoms with Gasteiger partial charge in [-0.3, -0.25) is 0 Å². The molecule has 0 unspecified atom stereocenters. The fraction of sp³-hybridized carbons (Fsp3) is 0.286. The van der Waals surface area contributed by atoms with Crippen LogP contribution in [-0.2, 0) is 23.8 Å². The minimum Gasteiger partial charge on any atom is -0.465 e. The SMILES string of the molecule is COC(=O)C1=C(C(=O)OC)N(c2cccc(C(=O)OC(C)(C)C)c2)C=CC=C1. The maximum atomic E-state index is 12.5. The van der Waals surface area contributed by atoms with Crippen molar-refractivity contribution in [3.05, 3.63) is 65.5 Å². The molecular formula is C21H23NO6. The van der Waals surface area contributed by atoms with Crippen molar-refractivity contribution in [3.63, 3.8) is 0 Å². The quantitative estimate of drug-likeness (QED) is 0.582. The van der Waals surface area contributed by atoms with Crippen molar-refractivity contribution in [1.82, 2.24) is 0 Å². The number of allylic oxidation sites excluding steroid dienone is 2. The molecule has 0 fully saturated rings. The first-order valence-electron chi connectivity index (χ1n) is 8.56. The highest BCUT2D eigenvalue weighted by molar-refractivity contribution is 6.05. The lowest BCUT2D eigenvalue weighted by Gasteiger charge is -2.24. The number of carbonyl (C=O) groups excluding carboxylic acids is 3. The molecule has 28 heavy (non-hydrogen) atoms. The predicted molar refractivity (Wildman–Crippen MR) is 103 cm³/mol. The van der Waals surface area contributed by atoms with Crippen LogP contribution in [-0.4, -0.2) is 37.7 Å². The summed E-state index contributed by atoms with van der Waals surface area (Å²) in [5, 5.41) is 0. The molecular weight excluding hydrogens is 362 g/mol. The van der Waals surface area contributed by atoms with Crippen molar-refractivity contribution >= 4 is 23.6 Å². The molecule has 1 aromatic rings. The Morgan fingerprint density at radius 3 is 2.21 bits per heavy atom. The zero-order valence-electron chi connectivity index (χ0n) is 16.5. The summed E-state index contributed by atoms with van der Waals surface area (Å²) in [7, 11) is 2.45. The number of rotatable bonds is 4. The third-order valence-corrected chi connectivity index (χ3v) is 3.65. The van der Waals surface area contributed by atoms with Gasteiger partial charge < -0.3 is 19.1 Å². The Hall–Kier alpha value is -3.35. The van der Waals surface area contributed by atoms with Crippen LogP contribution < -0.4 is 4.90 Å². The predicted octanol–water partition coefficient (Wildman–Crippen LogP) is 3.13. The third kappa shape index (κ3) is 4.88. The monoisotopic (exact) mass is 385 g/mol. The Bertz CT molecular complexity index is 873. The molecule has 148 valence electrons. The summed E-state index contributed by atoms with van der Waals surface area (Å²) in [4.78, 5) is 38.5. The topological polar surface area (TPSA) is 82.1 Å². The highest BCUT2D eigenvalue weighted by atomic mass is 16.6. The maximum absolute atomic E-state index is 12.5. The van der Waals surface area contributed by atoms with Gasteiger partial charge in [-0.1, -0.05) is 12.1 Å². The summed E-state index contributed by atoms with van der Waals surface area (Å²) in [5.41, 5.74) is 0.143. The number of methoxy groups -OCH3 is 2. The van der Waals surface area contributed by atoms with Gasteiger partial charge in [-0.05, 0) is 51.1 Å². The van der Waals surface area contributed by atoms with Crippen molar-refractivity contribution in [1.29, 1.82) is 0 Å². The number of anilines is 1. The first-order valence-corrected chi connectivity index (χ1v) is 8.56. The summed E-state index contributed by atoms with van der Waals surface area (Å²) in [5.74, 6) is -1.91. The van der Waals surface area contributed by atoms with Crippen LogP contribution in [0.4, 0.5) is 5.69 Å². The van der Waals surface area contributed by atoms with Crippen LogP contribution in [0.25, 0.3) is 0 Å². The number of hydrogen-bond acceptors (Lipinski definition) is 7. The molecule has 0 N–H and O–H groups in total. The molecule has 2 rings (SSSR count). The molecule has 7 heteroatoms. The van der Waals surface area contributed by atoms with Gasteiger partial charge in [0.2, 0.25) is 0 Å². The molecule has 7 nitrogen and oxygen atoms in total. The highest BCUT2D eigenvalue weighted by Gasteiger charge is 2.28. The van der Waals surface area contributed by atoms with Crippen LogP contribution in [0.3, 0.4) is 0 Å². The largest absolute Gasteiger partial charge is 0.465 e. The summed E-state index contributed by atoms with van der Waals surface area (Å²) >= 11 is 0. The number of ether oxygens (including phenoxy) is 3. The normalized spacial score (nSPS) is 13.8. The molecule has 0 saturated heterocycles. The van der Waals surface area contributed by atoms with E-state index in [4.69, 9.17) is 14.2 Å². The fourth-order valence-corrected chi connectivity index (χ4v) is 2.49. The maximum Gasteiger partial charge on any atom is 0.355 e. The van der Waals surface area contributed by atoms with Crippen LogP contribution in [0, 0.1) is 0 Å². The summed E-state index contributed by atoms with van der Waals surface area (Å²) < 4.78 is 15.0. The Kier molecular flexibility index (Phi) is 6.41. The van der Waals surface area contributed by atoms with Gasteiger partial charge in [0, 0.05) is 11.9 Å². The molecule has 1 aliphatic rings. The van der Waals surface area contributed by atoms with E-state index in [1.807, 2.05) is 0 Å². The van der Waals surface area contributed by atoms with Crippen molar-refractivity contribution < 1.29 is 28.6 Å². The lowest BCUT2D eigenvalue weighted by Crippen LogP contribution is -2.27. The molecule has 1 heterocycles. The molecule has 0 spiro atoms. The van der Waals surface area contributed by atoms with E-state index in [2.05, 4.69) is 0 Å². The van der Waals surface area contributed by atoms with Gasteiger partial charge in [0.15, 0.2) is 0 Å². The van der Waals surface area contributed by atoms with E-state index < -0.39 is 23.5 Å². The van der Waals surface area contributed by atoms with E-state index in [0.29, 0.717) is 11.3 Å². The van der Waals surface area contributed by atoms with Crippen LogP contribution in [0.1, 0.15) is 31.1 Å². The van der Waals surface area contributed by atoms with Crippen LogP contribution in [0.5, 0.6) is 0 Å². The van der Waals surface area contributed by atoms with Gasteiger partial charge in [0.05, 0.1) is 25.4 Å².